The molecule has 2 spiro atoms. The zero-order valence-electron chi connectivity index (χ0n) is 25.9. The maximum Gasteiger partial charge on any atom is 0.334 e. The van der Waals surface area contributed by atoms with Crippen molar-refractivity contribution in [2.75, 3.05) is 0 Å². The molecule has 43 heavy (non-hydrogen) atoms. The first-order valence-electron chi connectivity index (χ1n) is 15.6. The van der Waals surface area contributed by atoms with Gasteiger partial charge in [-0.3, -0.25) is 14.4 Å². The van der Waals surface area contributed by atoms with Crippen molar-refractivity contribution < 1.29 is 42.9 Å². The third kappa shape index (κ3) is 4.20. The summed E-state index contributed by atoms with van der Waals surface area (Å²) in [6.07, 6.45) is 2.73. The second-order valence-electron chi connectivity index (χ2n) is 14.0. The van der Waals surface area contributed by atoms with Gasteiger partial charge < -0.3 is 23.7 Å². The van der Waals surface area contributed by atoms with Crippen LogP contribution in [0.1, 0.15) is 80.1 Å². The molecule has 2 saturated carbocycles. The molecular weight excluding hydrogens is 552 g/mol. The zero-order valence-corrected chi connectivity index (χ0v) is 25.9. The molecule has 0 radical (unpaired) electrons. The summed E-state index contributed by atoms with van der Waals surface area (Å²) >= 11 is 0. The van der Waals surface area contributed by atoms with E-state index in [0.717, 1.165) is 16.7 Å². The quantitative estimate of drug-likeness (QED) is 0.195. The van der Waals surface area contributed by atoms with Gasteiger partial charge in [-0.25, -0.2) is 4.79 Å². The molecule has 4 aliphatic carbocycles. The number of allylic oxidation sites excluding steroid dienone is 1. The van der Waals surface area contributed by atoms with E-state index < -0.39 is 52.9 Å². The fourth-order valence-electron chi connectivity index (χ4n) is 10.0. The van der Waals surface area contributed by atoms with E-state index in [2.05, 4.69) is 20.4 Å². The van der Waals surface area contributed by atoms with Crippen LogP contribution in [0.4, 0.5) is 0 Å². The first-order valence-corrected chi connectivity index (χ1v) is 15.6. The van der Waals surface area contributed by atoms with Gasteiger partial charge in [-0.15, -0.1) is 0 Å². The molecule has 0 N–H and O–H groups in total. The van der Waals surface area contributed by atoms with Gasteiger partial charge in [-0.05, 0) is 63.9 Å². The lowest BCUT2D eigenvalue weighted by Gasteiger charge is -2.43. The SMILES string of the molecule is C=C1C(=O)O[C@H]2C[C@H](C)[C@@]34C[C@]5(C(=O)O[C@@H]6C[C@H](C)C(CCC(C)=O)=CC(OC(C)=O)[C@@H]65)[C@@H](C(C)=C3C[C@H]12)C4OC(C)=O. The van der Waals surface area contributed by atoms with E-state index in [1.807, 2.05) is 13.0 Å². The van der Waals surface area contributed by atoms with Gasteiger partial charge in [0.2, 0.25) is 0 Å². The van der Waals surface area contributed by atoms with Crippen molar-refractivity contribution in [3.63, 3.8) is 0 Å². The summed E-state index contributed by atoms with van der Waals surface area (Å²) in [6, 6.07) is 0. The van der Waals surface area contributed by atoms with Crippen LogP contribution in [-0.2, 0) is 42.9 Å². The minimum absolute atomic E-state index is 0.0143. The van der Waals surface area contributed by atoms with E-state index in [1.165, 1.54) is 13.8 Å². The van der Waals surface area contributed by atoms with Crippen molar-refractivity contribution in [2.45, 2.75) is 104 Å². The second kappa shape index (κ2) is 10.2. The number of fused-ring (bicyclic) bond motifs is 5. The molecule has 2 aliphatic heterocycles. The molecule has 9 heteroatoms. The Morgan fingerprint density at radius 2 is 1.70 bits per heavy atom. The van der Waals surface area contributed by atoms with Crippen LogP contribution in [0.2, 0.25) is 0 Å². The summed E-state index contributed by atoms with van der Waals surface area (Å²) in [5, 5.41) is 0. The molecule has 0 aromatic rings. The smallest absolute Gasteiger partial charge is 0.334 e. The van der Waals surface area contributed by atoms with Gasteiger partial charge in [-0.2, -0.15) is 0 Å². The van der Waals surface area contributed by atoms with Gasteiger partial charge in [0, 0.05) is 43.1 Å². The fourth-order valence-corrected chi connectivity index (χ4v) is 10.0. The molecule has 6 rings (SSSR count). The number of ether oxygens (including phenoxy) is 4. The number of carbonyl (C=O) groups is 5. The third-order valence-electron chi connectivity index (χ3n) is 11.7. The Morgan fingerprint density at radius 3 is 2.35 bits per heavy atom. The minimum atomic E-state index is -1.09. The summed E-state index contributed by atoms with van der Waals surface area (Å²) in [4.78, 5) is 63.9. The maximum absolute atomic E-state index is 14.4. The van der Waals surface area contributed by atoms with Crippen LogP contribution >= 0.6 is 0 Å². The van der Waals surface area contributed by atoms with Crippen molar-refractivity contribution in [2.24, 2.45) is 40.4 Å². The number of hydrogen-bond donors (Lipinski definition) is 0. The Hall–Kier alpha value is -3.23. The lowest BCUT2D eigenvalue weighted by atomic mass is 9.57. The summed E-state index contributed by atoms with van der Waals surface area (Å²) in [5.74, 6) is -2.72. The van der Waals surface area contributed by atoms with Crippen LogP contribution in [-0.4, -0.2) is 54.1 Å². The largest absolute Gasteiger partial charge is 0.461 e. The molecule has 11 atom stereocenters. The van der Waals surface area contributed by atoms with Crippen molar-refractivity contribution >= 4 is 29.7 Å². The molecule has 6 aliphatic rings. The van der Waals surface area contributed by atoms with Crippen LogP contribution in [0.3, 0.4) is 0 Å². The van der Waals surface area contributed by atoms with E-state index in [0.29, 0.717) is 44.1 Å². The predicted octanol–water partition coefficient (Wildman–Crippen LogP) is 4.58. The molecule has 0 aromatic carbocycles. The Balaban J connectivity index is 1.51. The molecule has 4 fully saturated rings. The Kier molecular flexibility index (Phi) is 7.05. The maximum atomic E-state index is 14.4. The minimum Gasteiger partial charge on any atom is -0.461 e. The molecule has 232 valence electrons. The first-order chi connectivity index (χ1) is 20.2. The van der Waals surface area contributed by atoms with E-state index in [1.54, 1.807) is 6.92 Å². The van der Waals surface area contributed by atoms with Gasteiger partial charge in [0.05, 0.1) is 11.3 Å². The van der Waals surface area contributed by atoms with Crippen molar-refractivity contribution in [1.82, 2.24) is 0 Å². The summed E-state index contributed by atoms with van der Waals surface area (Å²) in [6.45, 7) is 14.5. The fraction of sp³-hybridized carbons (Fsp3) is 0.676. The van der Waals surface area contributed by atoms with E-state index in [4.69, 9.17) is 18.9 Å². The van der Waals surface area contributed by atoms with Gasteiger partial charge in [0.1, 0.15) is 30.2 Å². The molecule has 0 amide bonds. The average molecular weight is 595 g/mol. The number of Topliss-reactive ketones (excluding diaryl/α,β-unsaturated/α-hetero) is 1. The molecule has 0 aromatic heterocycles. The lowest BCUT2D eigenvalue weighted by molar-refractivity contribution is -0.157. The highest BCUT2D eigenvalue weighted by Gasteiger charge is 2.79. The van der Waals surface area contributed by atoms with E-state index in [-0.39, 0.29) is 41.6 Å². The molecule has 2 saturated heterocycles. The number of esters is 4. The summed E-state index contributed by atoms with van der Waals surface area (Å²) in [7, 11) is 0. The van der Waals surface area contributed by atoms with Crippen molar-refractivity contribution in [3.8, 4) is 0 Å². The lowest BCUT2D eigenvalue weighted by Crippen LogP contribution is -2.48. The highest BCUT2D eigenvalue weighted by Crippen LogP contribution is 2.75. The second-order valence-corrected chi connectivity index (χ2v) is 14.0. The average Bonchev–Trinajstić information content (AvgIpc) is 3.44. The number of hydrogen-bond acceptors (Lipinski definition) is 9. The molecule has 2 heterocycles. The molecule has 2 bridgehead atoms. The van der Waals surface area contributed by atoms with Crippen LogP contribution in [0.5, 0.6) is 0 Å². The molecule has 9 nitrogen and oxygen atoms in total. The van der Waals surface area contributed by atoms with Crippen LogP contribution in [0.15, 0.2) is 34.9 Å². The molecular formula is C34H42O9. The zero-order chi connectivity index (χ0) is 31.2. The summed E-state index contributed by atoms with van der Waals surface area (Å²) in [5.41, 5.74) is 1.82. The first kappa shape index (κ1) is 29.8. The van der Waals surface area contributed by atoms with Crippen LogP contribution in [0.25, 0.3) is 0 Å². The van der Waals surface area contributed by atoms with Gasteiger partial charge in [0.25, 0.3) is 0 Å². The Morgan fingerprint density at radius 1 is 1.00 bits per heavy atom. The number of carbonyl (C=O) groups excluding carboxylic acids is 5. The Bertz CT molecular complexity index is 1390. The van der Waals surface area contributed by atoms with Gasteiger partial charge >= 0.3 is 23.9 Å². The van der Waals surface area contributed by atoms with E-state index >= 15 is 0 Å². The third-order valence-corrected chi connectivity index (χ3v) is 11.7. The number of ketones is 1. The monoisotopic (exact) mass is 594 g/mol. The van der Waals surface area contributed by atoms with Crippen LogP contribution in [0, 0.1) is 40.4 Å². The number of rotatable bonds is 5. The van der Waals surface area contributed by atoms with Crippen molar-refractivity contribution in [3.05, 3.63) is 34.9 Å². The van der Waals surface area contributed by atoms with Gasteiger partial charge in [-0.1, -0.05) is 37.1 Å². The standard InChI is InChI=1S/C34H42O9/c1-15-10-26-29(27(40-20(6)36)12-22(15)9-8-17(3)35)34(32(39)43-26)14-33-16(2)11-25-23(18(4)31(38)42-25)13-24(33)19(5)28(34)30(33)41-21(7)37/h12,15-16,23,25-30H,4,8-11,13-14H2,1-3,5-7H3/t15-,16-,23+,25-,26+,27?,28-,29+,30?,33-,34-/m0/s1. The highest BCUT2D eigenvalue weighted by molar-refractivity contribution is 5.91. The normalized spacial score (nSPS) is 42.8. The highest BCUT2D eigenvalue weighted by atomic mass is 16.6. The van der Waals surface area contributed by atoms with Crippen LogP contribution < -0.4 is 0 Å². The predicted molar refractivity (Wildman–Crippen MR) is 153 cm³/mol. The molecule has 2 unspecified atom stereocenters. The summed E-state index contributed by atoms with van der Waals surface area (Å²) < 4.78 is 24.3. The Labute approximate surface area is 252 Å². The van der Waals surface area contributed by atoms with E-state index in [9.17, 15) is 24.0 Å². The van der Waals surface area contributed by atoms with Gasteiger partial charge in [0.15, 0.2) is 0 Å². The van der Waals surface area contributed by atoms with Crippen molar-refractivity contribution in [1.29, 1.82) is 0 Å². The topological polar surface area (TPSA) is 122 Å².